The van der Waals surface area contributed by atoms with E-state index in [9.17, 15) is 19.1 Å². The van der Waals surface area contributed by atoms with E-state index >= 15 is 0 Å². The van der Waals surface area contributed by atoms with Crippen LogP contribution < -0.4 is 10.1 Å². The fourth-order valence-corrected chi connectivity index (χ4v) is 4.45. The molecule has 0 aliphatic rings. The predicted molar refractivity (Wildman–Crippen MR) is 156 cm³/mol. The Morgan fingerprint density at radius 1 is 0.927 bits per heavy atom. The maximum absolute atomic E-state index is 13.3. The number of ether oxygens (including phenoxy) is 3. The van der Waals surface area contributed by atoms with Crippen molar-refractivity contribution in [2.45, 2.75) is 46.8 Å². The molecule has 0 saturated heterocycles. The highest BCUT2D eigenvalue weighted by Gasteiger charge is 2.18. The summed E-state index contributed by atoms with van der Waals surface area (Å²) >= 11 is 0. The van der Waals surface area contributed by atoms with Crippen molar-refractivity contribution >= 4 is 17.7 Å². The summed E-state index contributed by atoms with van der Waals surface area (Å²) in [6.45, 7) is 9.50. The molecular formula is C32H39FN2O6. The first-order valence-corrected chi connectivity index (χ1v) is 13.7. The van der Waals surface area contributed by atoms with Gasteiger partial charge in [-0.15, -0.1) is 0 Å². The van der Waals surface area contributed by atoms with Crippen LogP contribution in [0.1, 0.15) is 34.7 Å². The van der Waals surface area contributed by atoms with E-state index in [-0.39, 0.29) is 31.5 Å². The molecule has 0 heterocycles. The SMILES string of the molecule is CCOC(Cc1ccc(OCCN(CCOCc2ccc(F)cc2)C(=O)Nc2c(C)cc(C)cc2C)cc1)C(=O)O. The Balaban J connectivity index is 1.59. The molecule has 220 valence electrons. The summed E-state index contributed by atoms with van der Waals surface area (Å²) in [4.78, 5) is 26.3. The molecule has 1 unspecified atom stereocenters. The van der Waals surface area contributed by atoms with Crippen molar-refractivity contribution in [2.24, 2.45) is 0 Å². The van der Waals surface area contributed by atoms with Gasteiger partial charge in [0.2, 0.25) is 0 Å². The van der Waals surface area contributed by atoms with Crippen LogP contribution in [-0.4, -0.2) is 61.0 Å². The summed E-state index contributed by atoms with van der Waals surface area (Å²) in [5.74, 6) is -0.693. The highest BCUT2D eigenvalue weighted by Crippen LogP contribution is 2.22. The van der Waals surface area contributed by atoms with Crippen LogP contribution in [0, 0.1) is 26.6 Å². The third-order valence-electron chi connectivity index (χ3n) is 6.50. The Morgan fingerprint density at radius 2 is 1.54 bits per heavy atom. The van der Waals surface area contributed by atoms with E-state index in [1.807, 2.05) is 32.9 Å². The van der Waals surface area contributed by atoms with Crippen molar-refractivity contribution in [3.8, 4) is 5.75 Å². The molecule has 2 amide bonds. The Hall–Kier alpha value is -3.95. The maximum Gasteiger partial charge on any atom is 0.333 e. The highest BCUT2D eigenvalue weighted by molar-refractivity contribution is 5.91. The van der Waals surface area contributed by atoms with E-state index in [1.165, 1.54) is 12.1 Å². The second-order valence-corrected chi connectivity index (χ2v) is 9.85. The van der Waals surface area contributed by atoms with Crippen LogP contribution in [-0.2, 0) is 27.3 Å². The van der Waals surface area contributed by atoms with Gasteiger partial charge in [0.1, 0.15) is 18.2 Å². The number of carbonyl (C=O) groups excluding carboxylic acids is 1. The summed E-state index contributed by atoms with van der Waals surface area (Å²) in [6, 6.07) is 17.1. The first-order valence-electron chi connectivity index (χ1n) is 13.7. The molecule has 0 aromatic heterocycles. The van der Waals surface area contributed by atoms with Crippen LogP contribution in [0.15, 0.2) is 60.7 Å². The van der Waals surface area contributed by atoms with Gasteiger partial charge in [0.15, 0.2) is 6.10 Å². The molecule has 2 N–H and O–H groups in total. The van der Waals surface area contributed by atoms with Gasteiger partial charge in [0, 0.05) is 25.3 Å². The van der Waals surface area contributed by atoms with Crippen LogP contribution in [0.4, 0.5) is 14.9 Å². The third-order valence-corrected chi connectivity index (χ3v) is 6.50. The number of aryl methyl sites for hydroxylation is 3. The molecule has 8 nitrogen and oxygen atoms in total. The quantitative estimate of drug-likeness (QED) is 0.222. The maximum atomic E-state index is 13.3. The Labute approximate surface area is 241 Å². The molecule has 9 heteroatoms. The zero-order chi connectivity index (χ0) is 29.8. The summed E-state index contributed by atoms with van der Waals surface area (Å²) in [6.07, 6.45) is -0.641. The van der Waals surface area contributed by atoms with Crippen molar-refractivity contribution in [3.63, 3.8) is 0 Å². The largest absolute Gasteiger partial charge is 0.492 e. The number of carbonyl (C=O) groups is 2. The second kappa shape index (κ2) is 15.7. The predicted octanol–water partition coefficient (Wildman–Crippen LogP) is 5.91. The van der Waals surface area contributed by atoms with E-state index in [1.54, 1.807) is 48.2 Å². The molecule has 0 saturated carbocycles. The van der Waals surface area contributed by atoms with Crippen molar-refractivity contribution in [2.75, 3.05) is 38.2 Å². The third kappa shape index (κ3) is 10.2. The van der Waals surface area contributed by atoms with Crippen molar-refractivity contribution in [1.29, 1.82) is 0 Å². The minimum Gasteiger partial charge on any atom is -0.492 e. The van der Waals surface area contributed by atoms with Gasteiger partial charge in [0.05, 0.1) is 19.8 Å². The Kier molecular flexibility index (Phi) is 12.1. The van der Waals surface area contributed by atoms with Crippen molar-refractivity contribution in [3.05, 3.63) is 94.3 Å². The van der Waals surface area contributed by atoms with E-state index in [2.05, 4.69) is 5.32 Å². The number of carboxylic acids is 1. The monoisotopic (exact) mass is 566 g/mol. The van der Waals surface area contributed by atoms with Gasteiger partial charge in [-0.05, 0) is 74.2 Å². The zero-order valence-corrected chi connectivity index (χ0v) is 24.1. The zero-order valence-electron chi connectivity index (χ0n) is 24.1. The van der Waals surface area contributed by atoms with Crippen LogP contribution >= 0.6 is 0 Å². The highest BCUT2D eigenvalue weighted by atomic mass is 19.1. The lowest BCUT2D eigenvalue weighted by Gasteiger charge is -2.24. The van der Waals surface area contributed by atoms with Crippen LogP contribution in [0.5, 0.6) is 5.75 Å². The second-order valence-electron chi connectivity index (χ2n) is 9.85. The Morgan fingerprint density at radius 3 is 2.15 bits per heavy atom. The van der Waals surface area contributed by atoms with Gasteiger partial charge >= 0.3 is 12.0 Å². The topological polar surface area (TPSA) is 97.3 Å². The van der Waals surface area contributed by atoms with Gasteiger partial charge in [-0.3, -0.25) is 0 Å². The molecule has 0 fully saturated rings. The number of hydrogen-bond donors (Lipinski definition) is 2. The van der Waals surface area contributed by atoms with Crippen LogP contribution in [0.25, 0.3) is 0 Å². The number of urea groups is 1. The normalized spacial score (nSPS) is 11.6. The number of halogens is 1. The molecule has 0 bridgehead atoms. The van der Waals surface area contributed by atoms with E-state index in [0.29, 0.717) is 32.1 Å². The molecule has 0 radical (unpaired) electrons. The first kappa shape index (κ1) is 31.6. The number of nitrogens with zero attached hydrogens (tertiary/aromatic N) is 1. The summed E-state index contributed by atoms with van der Waals surface area (Å²) in [5, 5.41) is 12.3. The number of hydrogen-bond acceptors (Lipinski definition) is 5. The first-order chi connectivity index (χ1) is 19.7. The lowest BCUT2D eigenvalue weighted by molar-refractivity contribution is -0.149. The van der Waals surface area contributed by atoms with Crippen LogP contribution in [0.3, 0.4) is 0 Å². The number of rotatable bonds is 15. The summed E-state index contributed by atoms with van der Waals surface area (Å²) in [7, 11) is 0. The van der Waals surface area contributed by atoms with Crippen molar-refractivity contribution in [1.82, 2.24) is 4.90 Å². The minimum atomic E-state index is -0.997. The average molecular weight is 567 g/mol. The fraction of sp³-hybridized carbons (Fsp3) is 0.375. The number of nitrogens with one attached hydrogen (secondary N) is 1. The lowest BCUT2D eigenvalue weighted by Crippen LogP contribution is -2.40. The summed E-state index contributed by atoms with van der Waals surface area (Å²) < 4.78 is 30.1. The molecule has 1 atom stereocenters. The minimum absolute atomic E-state index is 0.243. The van der Waals surface area contributed by atoms with Gasteiger partial charge in [0.25, 0.3) is 0 Å². The molecule has 0 spiro atoms. The number of carboxylic acid groups (broad SMARTS) is 1. The molecule has 0 aliphatic heterocycles. The average Bonchev–Trinajstić information content (AvgIpc) is 2.93. The van der Waals surface area contributed by atoms with Gasteiger partial charge < -0.3 is 29.5 Å². The van der Waals surface area contributed by atoms with E-state index < -0.39 is 12.1 Å². The van der Waals surface area contributed by atoms with Gasteiger partial charge in [-0.1, -0.05) is 42.0 Å². The molecule has 0 aliphatic carbocycles. The van der Waals surface area contributed by atoms with E-state index in [4.69, 9.17) is 14.2 Å². The van der Waals surface area contributed by atoms with E-state index in [0.717, 1.165) is 33.5 Å². The number of benzene rings is 3. The van der Waals surface area contributed by atoms with Gasteiger partial charge in [-0.25, -0.2) is 14.0 Å². The molecule has 41 heavy (non-hydrogen) atoms. The van der Waals surface area contributed by atoms with Gasteiger partial charge in [-0.2, -0.15) is 0 Å². The molecule has 3 rings (SSSR count). The lowest BCUT2D eigenvalue weighted by atomic mass is 10.1. The van der Waals surface area contributed by atoms with Crippen LogP contribution in [0.2, 0.25) is 0 Å². The summed E-state index contributed by atoms with van der Waals surface area (Å²) in [5.41, 5.74) is 5.53. The molecule has 3 aromatic carbocycles. The number of aliphatic carboxylic acids is 1. The standard InChI is InChI=1S/C32H39FN2O6/c1-5-40-29(31(36)37)20-25-8-12-28(13-9-25)41-17-15-35(14-16-39-21-26-6-10-27(33)11-7-26)32(38)34-30-23(3)18-22(2)19-24(30)4/h6-13,18-19,29H,5,14-17,20-21H2,1-4H3,(H,34,38)(H,36,37). The van der Waals surface area contributed by atoms with Crippen molar-refractivity contribution < 1.29 is 33.3 Å². The Bertz CT molecular complexity index is 1260. The molecule has 3 aromatic rings. The number of amides is 2. The fourth-order valence-electron chi connectivity index (χ4n) is 4.45. The smallest absolute Gasteiger partial charge is 0.333 e. The molecular weight excluding hydrogens is 527 g/mol. The number of anilines is 1.